The van der Waals surface area contributed by atoms with Gasteiger partial charge < -0.3 is 10.2 Å². The van der Waals surface area contributed by atoms with Crippen molar-refractivity contribution in [2.45, 2.75) is 12.2 Å². The lowest BCUT2D eigenvalue weighted by Gasteiger charge is -2.18. The second kappa shape index (κ2) is 5.31. The first kappa shape index (κ1) is 12.1. The van der Waals surface area contributed by atoms with E-state index < -0.39 is 12.2 Å². The maximum absolute atomic E-state index is 10.00. The molecule has 3 N–H and O–H groups in total. The monoisotopic (exact) mass is 252 g/mol. The van der Waals surface area contributed by atoms with Crippen molar-refractivity contribution in [1.82, 2.24) is 10.2 Å². The normalized spacial score (nSPS) is 14.5. The van der Waals surface area contributed by atoms with Gasteiger partial charge in [-0.1, -0.05) is 24.3 Å². The molecule has 90 valence electrons. The molecule has 17 heavy (non-hydrogen) atoms. The Morgan fingerprint density at radius 2 is 2.00 bits per heavy atom. The molecular formula is C12H13ClN2O2. The lowest BCUT2D eigenvalue weighted by molar-refractivity contribution is 0.0330. The van der Waals surface area contributed by atoms with Crippen molar-refractivity contribution < 1.29 is 10.2 Å². The van der Waals surface area contributed by atoms with Crippen LogP contribution in [0.1, 0.15) is 11.7 Å². The molecule has 5 heteroatoms. The van der Waals surface area contributed by atoms with E-state index in [0.717, 1.165) is 11.3 Å². The van der Waals surface area contributed by atoms with Crippen molar-refractivity contribution in [2.75, 3.05) is 5.88 Å². The molecule has 0 aliphatic rings. The summed E-state index contributed by atoms with van der Waals surface area (Å²) in [6, 6.07) is 9.08. The number of rotatable bonds is 4. The third-order valence-electron chi connectivity index (χ3n) is 2.59. The van der Waals surface area contributed by atoms with Crippen LogP contribution in [0.5, 0.6) is 0 Å². The molecule has 1 heterocycles. The van der Waals surface area contributed by atoms with Crippen LogP contribution < -0.4 is 0 Å². The molecule has 1 aromatic carbocycles. The van der Waals surface area contributed by atoms with E-state index in [2.05, 4.69) is 10.2 Å². The summed E-state index contributed by atoms with van der Waals surface area (Å²) in [5, 5.41) is 26.3. The zero-order valence-corrected chi connectivity index (χ0v) is 9.80. The van der Waals surface area contributed by atoms with Gasteiger partial charge in [0.05, 0.1) is 17.7 Å². The van der Waals surface area contributed by atoms with Crippen LogP contribution in [0.2, 0.25) is 0 Å². The van der Waals surface area contributed by atoms with Crippen LogP contribution in [0.3, 0.4) is 0 Å². The molecule has 0 spiro atoms. The number of aliphatic hydroxyl groups is 2. The smallest absolute Gasteiger partial charge is 0.107 e. The van der Waals surface area contributed by atoms with E-state index in [9.17, 15) is 10.2 Å². The maximum atomic E-state index is 10.00. The van der Waals surface area contributed by atoms with Gasteiger partial charge in [0, 0.05) is 11.8 Å². The number of nitrogens with zero attached hydrogens (tertiary/aromatic N) is 1. The average Bonchev–Trinajstić information content (AvgIpc) is 2.90. The first-order valence-electron chi connectivity index (χ1n) is 5.25. The van der Waals surface area contributed by atoms with E-state index in [1.165, 1.54) is 0 Å². The SMILES string of the molecule is OC(CCl)C(O)c1ccccc1-c1ccn[nH]1. The Morgan fingerprint density at radius 3 is 2.65 bits per heavy atom. The molecule has 2 unspecified atom stereocenters. The molecule has 0 saturated carbocycles. The zero-order valence-electron chi connectivity index (χ0n) is 9.05. The van der Waals surface area contributed by atoms with E-state index in [1.54, 1.807) is 24.4 Å². The molecule has 0 saturated heterocycles. The molecule has 2 aromatic rings. The number of aromatic nitrogens is 2. The van der Waals surface area contributed by atoms with Gasteiger partial charge >= 0.3 is 0 Å². The van der Waals surface area contributed by atoms with Gasteiger partial charge in [0.1, 0.15) is 6.10 Å². The quantitative estimate of drug-likeness (QED) is 0.726. The molecule has 0 amide bonds. The predicted octanol–water partition coefficient (Wildman–Crippen LogP) is 1.71. The summed E-state index contributed by atoms with van der Waals surface area (Å²) in [4.78, 5) is 0. The first-order chi connectivity index (χ1) is 8.24. The minimum Gasteiger partial charge on any atom is -0.389 e. The largest absolute Gasteiger partial charge is 0.389 e. The third kappa shape index (κ3) is 2.49. The van der Waals surface area contributed by atoms with Crippen LogP contribution in [-0.2, 0) is 0 Å². The Hall–Kier alpha value is -1.36. The Balaban J connectivity index is 2.41. The number of hydrogen-bond donors (Lipinski definition) is 3. The Labute approximate surface area is 104 Å². The van der Waals surface area contributed by atoms with Crippen LogP contribution in [0.25, 0.3) is 11.3 Å². The Bertz CT molecular complexity index is 473. The van der Waals surface area contributed by atoms with Crippen LogP contribution in [0.4, 0.5) is 0 Å². The minimum absolute atomic E-state index is 0.0154. The fourth-order valence-electron chi connectivity index (χ4n) is 1.70. The lowest BCUT2D eigenvalue weighted by atomic mass is 9.97. The van der Waals surface area contributed by atoms with Gasteiger partial charge in [-0.25, -0.2) is 0 Å². The predicted molar refractivity (Wildman–Crippen MR) is 65.7 cm³/mol. The first-order valence-corrected chi connectivity index (χ1v) is 5.78. The van der Waals surface area contributed by atoms with Crippen molar-refractivity contribution in [2.24, 2.45) is 0 Å². The number of aliphatic hydroxyl groups excluding tert-OH is 2. The number of nitrogens with one attached hydrogen (secondary N) is 1. The second-order valence-corrected chi connectivity index (χ2v) is 4.03. The molecule has 4 nitrogen and oxygen atoms in total. The molecule has 0 radical (unpaired) electrons. The van der Waals surface area contributed by atoms with Crippen molar-refractivity contribution in [3.63, 3.8) is 0 Å². The highest BCUT2D eigenvalue weighted by molar-refractivity contribution is 6.18. The Kier molecular flexibility index (Phi) is 3.78. The lowest BCUT2D eigenvalue weighted by Crippen LogP contribution is -2.20. The van der Waals surface area contributed by atoms with Gasteiger partial charge in [0.15, 0.2) is 0 Å². The molecule has 0 aliphatic heterocycles. The minimum atomic E-state index is -1.01. The van der Waals surface area contributed by atoms with Crippen molar-refractivity contribution in [3.8, 4) is 11.3 Å². The standard InChI is InChI=1S/C12H13ClN2O2/c13-7-11(16)12(17)9-4-2-1-3-8(9)10-5-6-14-15-10/h1-6,11-12,16-17H,7H2,(H,14,15). The van der Waals surface area contributed by atoms with Gasteiger partial charge in [-0.3, -0.25) is 5.10 Å². The van der Waals surface area contributed by atoms with Crippen LogP contribution in [0, 0.1) is 0 Å². The number of benzene rings is 1. The van der Waals surface area contributed by atoms with E-state index in [-0.39, 0.29) is 5.88 Å². The third-order valence-corrected chi connectivity index (χ3v) is 2.91. The molecule has 2 rings (SSSR count). The van der Waals surface area contributed by atoms with E-state index in [1.807, 2.05) is 12.1 Å². The summed E-state index contributed by atoms with van der Waals surface area (Å²) < 4.78 is 0. The van der Waals surface area contributed by atoms with E-state index in [0.29, 0.717) is 5.56 Å². The van der Waals surface area contributed by atoms with Gasteiger partial charge in [0.25, 0.3) is 0 Å². The summed E-state index contributed by atoms with van der Waals surface area (Å²) in [7, 11) is 0. The molecule has 0 bridgehead atoms. The van der Waals surface area contributed by atoms with Crippen molar-refractivity contribution >= 4 is 11.6 Å². The molecule has 1 aromatic heterocycles. The average molecular weight is 253 g/mol. The number of H-pyrrole nitrogens is 1. The number of hydrogen-bond acceptors (Lipinski definition) is 3. The van der Waals surface area contributed by atoms with Crippen LogP contribution in [-0.4, -0.2) is 32.4 Å². The van der Waals surface area contributed by atoms with Crippen molar-refractivity contribution in [3.05, 3.63) is 42.1 Å². The summed E-state index contributed by atoms with van der Waals surface area (Å²) >= 11 is 5.54. The van der Waals surface area contributed by atoms with Gasteiger partial charge in [-0.2, -0.15) is 5.10 Å². The molecule has 2 atom stereocenters. The summed E-state index contributed by atoms with van der Waals surface area (Å²) in [6.07, 6.45) is -0.357. The second-order valence-electron chi connectivity index (χ2n) is 3.72. The number of halogens is 1. The zero-order chi connectivity index (χ0) is 12.3. The summed E-state index contributed by atoms with van der Waals surface area (Å²) in [5.74, 6) is -0.0154. The molecule has 0 fully saturated rings. The highest BCUT2D eigenvalue weighted by atomic mass is 35.5. The van der Waals surface area contributed by atoms with Gasteiger partial charge in [-0.15, -0.1) is 11.6 Å². The maximum Gasteiger partial charge on any atom is 0.107 e. The molecular weight excluding hydrogens is 240 g/mol. The number of alkyl halides is 1. The van der Waals surface area contributed by atoms with Gasteiger partial charge in [0.2, 0.25) is 0 Å². The van der Waals surface area contributed by atoms with Crippen LogP contribution in [0.15, 0.2) is 36.5 Å². The fraction of sp³-hybridized carbons (Fsp3) is 0.250. The van der Waals surface area contributed by atoms with Crippen LogP contribution >= 0.6 is 11.6 Å². The van der Waals surface area contributed by atoms with Gasteiger partial charge in [-0.05, 0) is 11.6 Å². The summed E-state index contributed by atoms with van der Waals surface area (Å²) in [6.45, 7) is 0. The highest BCUT2D eigenvalue weighted by Crippen LogP contribution is 2.28. The Morgan fingerprint density at radius 1 is 1.24 bits per heavy atom. The fourth-order valence-corrected chi connectivity index (χ4v) is 1.87. The summed E-state index contributed by atoms with van der Waals surface area (Å²) in [5.41, 5.74) is 2.23. The van der Waals surface area contributed by atoms with E-state index >= 15 is 0 Å². The number of aromatic amines is 1. The topological polar surface area (TPSA) is 69.1 Å². The molecule has 0 aliphatic carbocycles. The van der Waals surface area contributed by atoms with Crippen molar-refractivity contribution in [1.29, 1.82) is 0 Å². The van der Waals surface area contributed by atoms with E-state index in [4.69, 9.17) is 11.6 Å². The highest BCUT2D eigenvalue weighted by Gasteiger charge is 2.20.